The Hall–Kier alpha value is -3.26. The van der Waals surface area contributed by atoms with E-state index in [-0.39, 0.29) is 30.0 Å². The lowest BCUT2D eigenvalue weighted by Gasteiger charge is -2.23. The first-order valence-corrected chi connectivity index (χ1v) is 9.82. The predicted octanol–water partition coefficient (Wildman–Crippen LogP) is 3.63. The number of carbonyl (C=O) groups is 3. The standard InChI is InChI=1S/C21H21N3O4S/c1-13(20-23-17-9-4-5-10-18(17)29-20)24(3)19(26)12-28-21(27)15-7-6-8-16(11-15)22-14(2)25/h4-11,13H,12H2,1-3H3,(H,22,25)/t13-/m0/s1. The number of fused-ring (bicyclic) bond motifs is 1. The molecule has 8 heteroatoms. The lowest BCUT2D eigenvalue weighted by atomic mass is 10.2. The van der Waals surface area contributed by atoms with Gasteiger partial charge in [-0.3, -0.25) is 9.59 Å². The van der Waals surface area contributed by atoms with Crippen LogP contribution in [0.2, 0.25) is 0 Å². The Labute approximate surface area is 172 Å². The minimum absolute atomic E-state index is 0.240. The summed E-state index contributed by atoms with van der Waals surface area (Å²) in [6.07, 6.45) is 0. The topological polar surface area (TPSA) is 88.6 Å². The van der Waals surface area contributed by atoms with Crippen LogP contribution in [-0.2, 0) is 14.3 Å². The first kappa shape index (κ1) is 20.5. The van der Waals surface area contributed by atoms with Gasteiger partial charge in [0.15, 0.2) is 6.61 Å². The Morgan fingerprint density at radius 3 is 2.66 bits per heavy atom. The number of nitrogens with zero attached hydrogens (tertiary/aromatic N) is 2. The number of anilines is 1. The molecule has 2 amide bonds. The molecule has 0 saturated heterocycles. The van der Waals surface area contributed by atoms with Gasteiger partial charge in [0.1, 0.15) is 5.01 Å². The summed E-state index contributed by atoms with van der Waals surface area (Å²) >= 11 is 1.53. The Bertz CT molecular complexity index is 1030. The molecule has 1 N–H and O–H groups in total. The molecule has 2 aromatic carbocycles. The second-order valence-corrected chi connectivity index (χ2v) is 7.60. The van der Waals surface area contributed by atoms with Crippen LogP contribution in [0.1, 0.15) is 35.3 Å². The van der Waals surface area contributed by atoms with Crippen LogP contribution >= 0.6 is 11.3 Å². The van der Waals surface area contributed by atoms with Gasteiger partial charge in [-0.2, -0.15) is 0 Å². The zero-order valence-corrected chi connectivity index (χ0v) is 17.2. The van der Waals surface area contributed by atoms with Crippen molar-refractivity contribution in [1.82, 2.24) is 9.88 Å². The largest absolute Gasteiger partial charge is 0.452 e. The molecule has 0 fully saturated rings. The fourth-order valence-electron chi connectivity index (χ4n) is 2.69. The van der Waals surface area contributed by atoms with Crippen molar-refractivity contribution in [2.24, 2.45) is 0 Å². The van der Waals surface area contributed by atoms with Crippen LogP contribution in [0.5, 0.6) is 0 Å². The lowest BCUT2D eigenvalue weighted by Crippen LogP contribution is -2.33. The molecule has 150 valence electrons. The number of aromatic nitrogens is 1. The van der Waals surface area contributed by atoms with Crippen molar-refractivity contribution in [3.63, 3.8) is 0 Å². The number of hydrogen-bond donors (Lipinski definition) is 1. The summed E-state index contributed by atoms with van der Waals surface area (Å²) < 4.78 is 6.21. The van der Waals surface area contributed by atoms with Gasteiger partial charge in [-0.1, -0.05) is 18.2 Å². The number of para-hydroxylation sites is 1. The van der Waals surface area contributed by atoms with Crippen molar-refractivity contribution >= 4 is 45.0 Å². The van der Waals surface area contributed by atoms with Gasteiger partial charge < -0.3 is 15.0 Å². The Morgan fingerprint density at radius 2 is 1.93 bits per heavy atom. The van der Waals surface area contributed by atoms with Gasteiger partial charge in [0, 0.05) is 19.7 Å². The van der Waals surface area contributed by atoms with Gasteiger partial charge in [0.2, 0.25) is 5.91 Å². The summed E-state index contributed by atoms with van der Waals surface area (Å²) in [5.74, 6) is -1.20. The van der Waals surface area contributed by atoms with Crippen molar-refractivity contribution in [3.8, 4) is 0 Å². The van der Waals surface area contributed by atoms with Crippen molar-refractivity contribution in [1.29, 1.82) is 0 Å². The number of benzene rings is 2. The van der Waals surface area contributed by atoms with E-state index in [9.17, 15) is 14.4 Å². The molecule has 0 unspecified atom stereocenters. The molecule has 0 spiro atoms. The second kappa shape index (κ2) is 8.83. The molecule has 1 heterocycles. The van der Waals surface area contributed by atoms with Crippen LogP contribution in [0.25, 0.3) is 10.2 Å². The number of ether oxygens (including phenoxy) is 1. The van der Waals surface area contributed by atoms with Crippen molar-refractivity contribution < 1.29 is 19.1 Å². The number of amides is 2. The molecule has 0 aliphatic carbocycles. The summed E-state index contributed by atoms with van der Waals surface area (Å²) in [5, 5.41) is 3.42. The first-order chi connectivity index (χ1) is 13.8. The van der Waals surface area contributed by atoms with Crippen LogP contribution in [0, 0.1) is 0 Å². The highest BCUT2D eigenvalue weighted by atomic mass is 32.1. The number of hydrogen-bond acceptors (Lipinski definition) is 6. The maximum atomic E-state index is 12.5. The highest BCUT2D eigenvalue weighted by molar-refractivity contribution is 7.18. The molecule has 1 aromatic heterocycles. The predicted molar refractivity (Wildman–Crippen MR) is 112 cm³/mol. The maximum absolute atomic E-state index is 12.5. The van der Waals surface area contributed by atoms with E-state index in [1.54, 1.807) is 25.2 Å². The highest BCUT2D eigenvalue weighted by Gasteiger charge is 2.22. The van der Waals surface area contributed by atoms with Crippen LogP contribution in [0.15, 0.2) is 48.5 Å². The van der Waals surface area contributed by atoms with E-state index >= 15 is 0 Å². The monoisotopic (exact) mass is 411 g/mol. The van der Waals surface area contributed by atoms with Gasteiger partial charge in [-0.15, -0.1) is 11.3 Å². The molecule has 1 atom stereocenters. The van der Waals surface area contributed by atoms with E-state index in [1.165, 1.54) is 29.2 Å². The second-order valence-electron chi connectivity index (χ2n) is 6.54. The van der Waals surface area contributed by atoms with E-state index in [0.717, 1.165) is 15.2 Å². The van der Waals surface area contributed by atoms with Crippen molar-refractivity contribution in [3.05, 3.63) is 59.1 Å². The summed E-state index contributed by atoms with van der Waals surface area (Å²) in [6, 6.07) is 13.9. The summed E-state index contributed by atoms with van der Waals surface area (Å²) in [4.78, 5) is 42.0. The molecule has 0 aliphatic rings. The summed E-state index contributed by atoms with van der Waals surface area (Å²) in [5.41, 5.74) is 1.64. The number of likely N-dealkylation sites (N-methyl/N-ethyl adjacent to an activating group) is 1. The van der Waals surface area contributed by atoms with Gasteiger partial charge in [-0.25, -0.2) is 9.78 Å². The lowest BCUT2D eigenvalue weighted by molar-refractivity contribution is -0.135. The molecule has 0 radical (unpaired) electrons. The normalized spacial score (nSPS) is 11.7. The van der Waals surface area contributed by atoms with Gasteiger partial charge in [0.05, 0.1) is 21.8 Å². The Kier molecular flexibility index (Phi) is 6.23. The fraction of sp³-hybridized carbons (Fsp3) is 0.238. The minimum atomic E-state index is -0.633. The third-order valence-corrected chi connectivity index (χ3v) is 5.59. The highest BCUT2D eigenvalue weighted by Crippen LogP contribution is 2.28. The number of carbonyl (C=O) groups excluding carboxylic acids is 3. The Morgan fingerprint density at radius 1 is 1.17 bits per heavy atom. The van der Waals surface area contributed by atoms with Crippen molar-refractivity contribution in [2.75, 3.05) is 19.0 Å². The minimum Gasteiger partial charge on any atom is -0.452 e. The maximum Gasteiger partial charge on any atom is 0.338 e. The zero-order chi connectivity index (χ0) is 21.0. The van der Waals surface area contributed by atoms with Crippen LogP contribution < -0.4 is 5.32 Å². The summed E-state index contributed by atoms with van der Waals surface area (Å²) in [6.45, 7) is 2.88. The fourth-order valence-corrected chi connectivity index (χ4v) is 3.75. The van der Waals surface area contributed by atoms with Crippen LogP contribution in [0.4, 0.5) is 5.69 Å². The molecule has 7 nitrogen and oxygen atoms in total. The quantitative estimate of drug-likeness (QED) is 0.626. The molecule has 3 rings (SSSR count). The zero-order valence-electron chi connectivity index (χ0n) is 16.3. The molecule has 0 saturated carbocycles. The smallest absolute Gasteiger partial charge is 0.338 e. The molecule has 0 aliphatic heterocycles. The molecular weight excluding hydrogens is 390 g/mol. The van der Waals surface area contributed by atoms with E-state index < -0.39 is 5.97 Å². The average Bonchev–Trinajstić information content (AvgIpc) is 3.14. The Balaban J connectivity index is 1.60. The van der Waals surface area contributed by atoms with Gasteiger partial charge in [-0.05, 0) is 37.3 Å². The SMILES string of the molecule is CC(=O)Nc1cccc(C(=O)OCC(=O)N(C)[C@@H](C)c2nc3ccccc3s2)c1. The third-order valence-electron chi connectivity index (χ3n) is 4.39. The van der Waals surface area contributed by atoms with E-state index in [1.807, 2.05) is 31.2 Å². The van der Waals surface area contributed by atoms with Crippen LogP contribution in [-0.4, -0.2) is 41.3 Å². The molecule has 0 bridgehead atoms. The third kappa shape index (κ3) is 4.97. The van der Waals surface area contributed by atoms with Crippen LogP contribution in [0.3, 0.4) is 0 Å². The van der Waals surface area contributed by atoms with E-state index in [4.69, 9.17) is 4.74 Å². The molecular formula is C21H21N3O4S. The number of rotatable bonds is 6. The van der Waals surface area contributed by atoms with Gasteiger partial charge in [0.25, 0.3) is 5.91 Å². The average molecular weight is 411 g/mol. The first-order valence-electron chi connectivity index (χ1n) is 9.01. The number of nitrogens with one attached hydrogen (secondary N) is 1. The molecule has 29 heavy (non-hydrogen) atoms. The molecule has 3 aromatic rings. The number of esters is 1. The van der Waals surface area contributed by atoms with Crippen molar-refractivity contribution in [2.45, 2.75) is 19.9 Å². The van der Waals surface area contributed by atoms with Gasteiger partial charge >= 0.3 is 5.97 Å². The van der Waals surface area contributed by atoms with E-state index in [0.29, 0.717) is 5.69 Å². The van der Waals surface area contributed by atoms with E-state index in [2.05, 4.69) is 10.3 Å². The number of thiazole rings is 1. The summed E-state index contributed by atoms with van der Waals surface area (Å²) in [7, 11) is 1.66.